The zero-order valence-electron chi connectivity index (χ0n) is 25.7. The Bertz CT molecular complexity index is 1730. The minimum Gasteiger partial charge on any atom is -0.493 e. The lowest BCUT2D eigenvalue weighted by molar-refractivity contribution is -0.139. The molecule has 4 rings (SSSR count). The van der Waals surface area contributed by atoms with E-state index in [1.165, 1.54) is 20.4 Å². The average molecular weight is 750 g/mol. The fraction of sp³-hybridized carbons (Fsp3) is 0.250. The molecule has 0 saturated carbocycles. The molecule has 3 aromatic carbocycles. The zero-order chi connectivity index (χ0) is 34.1. The molecule has 1 atom stereocenters. The summed E-state index contributed by atoms with van der Waals surface area (Å²) in [7, 11) is 2.94. The summed E-state index contributed by atoms with van der Waals surface area (Å²) >= 11 is 15.7. The van der Waals surface area contributed by atoms with Crippen LogP contribution in [0.3, 0.4) is 0 Å². The van der Waals surface area contributed by atoms with E-state index in [1.54, 1.807) is 62.4 Å². The van der Waals surface area contributed by atoms with Crippen molar-refractivity contribution < 1.29 is 38.1 Å². The van der Waals surface area contributed by atoms with Crippen LogP contribution in [0.2, 0.25) is 10.0 Å². The minimum absolute atomic E-state index is 0.174. The van der Waals surface area contributed by atoms with Gasteiger partial charge in [-0.25, -0.2) is 15.0 Å². The van der Waals surface area contributed by atoms with Crippen molar-refractivity contribution in [1.29, 1.82) is 0 Å². The van der Waals surface area contributed by atoms with Crippen LogP contribution in [-0.2, 0) is 20.9 Å². The monoisotopic (exact) mass is 748 g/mol. The molecule has 1 aliphatic heterocycles. The van der Waals surface area contributed by atoms with Gasteiger partial charge in [0.1, 0.15) is 6.61 Å². The fourth-order valence-corrected chi connectivity index (χ4v) is 5.36. The fourth-order valence-electron chi connectivity index (χ4n) is 4.47. The molecule has 0 fully saturated rings. The maximum Gasteiger partial charge on any atom is 0.338 e. The second kappa shape index (κ2) is 16.4. The van der Waals surface area contributed by atoms with E-state index in [0.29, 0.717) is 42.8 Å². The number of rotatable bonds is 13. The molecule has 0 saturated heterocycles. The normalized spacial score (nSPS) is 14.3. The third-order valence-electron chi connectivity index (χ3n) is 6.72. The summed E-state index contributed by atoms with van der Waals surface area (Å²) in [5, 5.41) is 10.3. The summed E-state index contributed by atoms with van der Waals surface area (Å²) < 4.78 is 28.3. The average Bonchev–Trinajstić information content (AvgIpc) is 3.03. The molecule has 0 spiro atoms. The Morgan fingerprint density at radius 2 is 1.74 bits per heavy atom. The SMILES string of the molecule is CCOC(=O)C1=C(C)NC(=O)N[C@@H]1c1ccc(OCC(=O)N/N=C\c2cc(OC)c(OCc3ccc(Cl)cc3Cl)cc2Br)c(OC)c1. The van der Waals surface area contributed by atoms with Gasteiger partial charge in [0.05, 0.1) is 38.7 Å². The van der Waals surface area contributed by atoms with Gasteiger partial charge in [-0.1, -0.05) is 35.3 Å². The lowest BCUT2D eigenvalue weighted by Crippen LogP contribution is -2.45. The van der Waals surface area contributed by atoms with Gasteiger partial charge in [0.2, 0.25) is 0 Å². The molecule has 248 valence electrons. The van der Waals surface area contributed by atoms with Crippen LogP contribution in [0, 0.1) is 0 Å². The van der Waals surface area contributed by atoms with Gasteiger partial charge < -0.3 is 34.3 Å². The van der Waals surface area contributed by atoms with E-state index in [9.17, 15) is 14.4 Å². The van der Waals surface area contributed by atoms with Crippen molar-refractivity contribution in [2.45, 2.75) is 26.5 Å². The first kappa shape index (κ1) is 35.4. The van der Waals surface area contributed by atoms with E-state index in [4.69, 9.17) is 46.9 Å². The van der Waals surface area contributed by atoms with Gasteiger partial charge in [0.25, 0.3) is 5.91 Å². The Hall–Kier alpha value is -4.46. The number of nitrogens with zero attached hydrogens (tertiary/aromatic N) is 1. The molecule has 0 aromatic heterocycles. The molecular formula is C32H31BrCl2N4O8. The van der Waals surface area contributed by atoms with Gasteiger partial charge in [-0.2, -0.15) is 5.10 Å². The number of amides is 3. The van der Waals surface area contributed by atoms with Crippen LogP contribution in [-0.4, -0.2) is 51.6 Å². The summed E-state index contributed by atoms with van der Waals surface area (Å²) in [6, 6.07) is 12.1. The predicted molar refractivity (Wildman–Crippen MR) is 179 cm³/mol. The molecule has 1 aliphatic rings. The first-order valence-electron chi connectivity index (χ1n) is 14.1. The number of nitrogens with one attached hydrogen (secondary N) is 3. The highest BCUT2D eigenvalue weighted by Gasteiger charge is 2.32. The Balaban J connectivity index is 1.38. The van der Waals surface area contributed by atoms with Crippen LogP contribution in [0.5, 0.6) is 23.0 Å². The number of benzene rings is 3. The number of allylic oxidation sites excluding steroid dienone is 1. The van der Waals surface area contributed by atoms with Crippen LogP contribution >= 0.6 is 39.1 Å². The number of hydrazone groups is 1. The standard InChI is InChI=1S/C32H31BrCl2N4O8/c1-5-45-31(41)29-17(2)37-32(42)38-30(29)18-7-9-24(25(10-18)43-3)47-16-28(40)39-36-14-20-11-26(44-4)27(13-22(20)33)46-15-19-6-8-21(34)12-23(19)35/h6-14,30H,5,15-16H2,1-4H3,(H,39,40)(H2,37,38,42)/b36-14-/t30-/m1/s1. The molecule has 0 radical (unpaired) electrons. The molecule has 15 heteroatoms. The van der Waals surface area contributed by atoms with Crippen molar-refractivity contribution in [3.63, 3.8) is 0 Å². The second-order valence-corrected chi connectivity index (χ2v) is 11.5. The summed E-state index contributed by atoms with van der Waals surface area (Å²) in [4.78, 5) is 37.3. The van der Waals surface area contributed by atoms with Crippen LogP contribution in [0.25, 0.3) is 0 Å². The van der Waals surface area contributed by atoms with Crippen molar-refractivity contribution in [1.82, 2.24) is 16.1 Å². The smallest absolute Gasteiger partial charge is 0.338 e. The Morgan fingerprint density at radius 1 is 1.00 bits per heavy atom. The largest absolute Gasteiger partial charge is 0.493 e. The number of esters is 1. The molecule has 47 heavy (non-hydrogen) atoms. The van der Waals surface area contributed by atoms with Crippen molar-refractivity contribution >= 4 is 63.3 Å². The Morgan fingerprint density at radius 3 is 2.45 bits per heavy atom. The summed E-state index contributed by atoms with van der Waals surface area (Å²) in [6.45, 7) is 3.30. The first-order chi connectivity index (χ1) is 22.5. The van der Waals surface area contributed by atoms with Crippen molar-refractivity contribution in [2.75, 3.05) is 27.4 Å². The highest BCUT2D eigenvalue weighted by molar-refractivity contribution is 9.10. The first-order valence-corrected chi connectivity index (χ1v) is 15.6. The van der Waals surface area contributed by atoms with Gasteiger partial charge >= 0.3 is 12.0 Å². The van der Waals surface area contributed by atoms with Crippen molar-refractivity contribution in [3.05, 3.63) is 91.0 Å². The van der Waals surface area contributed by atoms with Crippen LogP contribution in [0.15, 0.2) is 69.4 Å². The van der Waals surface area contributed by atoms with Gasteiger partial charge in [-0.05, 0) is 71.7 Å². The Labute approximate surface area is 289 Å². The van der Waals surface area contributed by atoms with Crippen molar-refractivity contribution in [3.8, 4) is 23.0 Å². The Kier molecular flexibility index (Phi) is 12.3. The number of halogens is 3. The molecule has 12 nitrogen and oxygen atoms in total. The molecule has 3 aromatic rings. The molecule has 3 amide bonds. The van der Waals surface area contributed by atoms with Crippen LogP contribution in [0.4, 0.5) is 4.79 Å². The van der Waals surface area contributed by atoms with Crippen LogP contribution < -0.4 is 35.0 Å². The van der Waals surface area contributed by atoms with E-state index in [2.05, 4.69) is 37.1 Å². The molecule has 3 N–H and O–H groups in total. The zero-order valence-corrected chi connectivity index (χ0v) is 28.8. The summed E-state index contributed by atoms with van der Waals surface area (Å²) in [6.07, 6.45) is 1.43. The summed E-state index contributed by atoms with van der Waals surface area (Å²) in [5.74, 6) is 0.346. The van der Waals surface area contributed by atoms with E-state index < -0.39 is 23.9 Å². The van der Waals surface area contributed by atoms with E-state index in [1.807, 2.05) is 0 Å². The van der Waals surface area contributed by atoms with E-state index in [-0.39, 0.29) is 36.9 Å². The number of urea groups is 1. The number of hydrogen-bond acceptors (Lipinski definition) is 9. The second-order valence-electron chi connectivity index (χ2n) is 9.83. The highest BCUT2D eigenvalue weighted by atomic mass is 79.9. The third kappa shape index (κ3) is 9.09. The van der Waals surface area contributed by atoms with Gasteiger partial charge in [0, 0.05) is 31.3 Å². The third-order valence-corrected chi connectivity index (χ3v) is 7.99. The molecule has 1 heterocycles. The lowest BCUT2D eigenvalue weighted by Gasteiger charge is -2.28. The molecule has 0 unspecified atom stereocenters. The molecule has 0 aliphatic carbocycles. The quantitative estimate of drug-likeness (QED) is 0.109. The van der Waals surface area contributed by atoms with E-state index in [0.717, 1.165) is 5.56 Å². The van der Waals surface area contributed by atoms with Gasteiger partial charge in [-0.15, -0.1) is 0 Å². The maximum atomic E-state index is 12.6. The van der Waals surface area contributed by atoms with Gasteiger partial charge in [0.15, 0.2) is 29.6 Å². The highest BCUT2D eigenvalue weighted by Crippen LogP contribution is 2.36. The number of methoxy groups -OCH3 is 2. The molecule has 0 bridgehead atoms. The predicted octanol–water partition coefficient (Wildman–Crippen LogP) is 6.07. The van der Waals surface area contributed by atoms with Crippen LogP contribution in [0.1, 0.15) is 36.6 Å². The maximum absolute atomic E-state index is 12.6. The number of carbonyl (C=O) groups excluding carboxylic acids is 3. The number of hydrogen-bond donors (Lipinski definition) is 3. The minimum atomic E-state index is -0.788. The summed E-state index contributed by atoms with van der Waals surface area (Å²) in [5.41, 5.74) is 4.96. The number of carbonyl (C=O) groups is 3. The van der Waals surface area contributed by atoms with Crippen molar-refractivity contribution in [2.24, 2.45) is 5.10 Å². The molecular weight excluding hydrogens is 719 g/mol. The lowest BCUT2D eigenvalue weighted by atomic mass is 9.95. The topological polar surface area (TPSA) is 146 Å². The van der Waals surface area contributed by atoms with Gasteiger partial charge in [-0.3, -0.25) is 4.79 Å². The number of ether oxygens (including phenoxy) is 5. The van der Waals surface area contributed by atoms with E-state index >= 15 is 0 Å².